The molecule has 1 rings (SSSR count). The van der Waals surface area contributed by atoms with E-state index in [9.17, 15) is 19.7 Å². The number of pyridine rings is 1. The summed E-state index contributed by atoms with van der Waals surface area (Å²) in [6.45, 7) is -0.104. The Balaban J connectivity index is 3.14. The van der Waals surface area contributed by atoms with Gasteiger partial charge in [0.2, 0.25) is 11.7 Å². The fourth-order valence-corrected chi connectivity index (χ4v) is 1.41. The van der Waals surface area contributed by atoms with Crippen LogP contribution in [0.2, 0.25) is 0 Å². The van der Waals surface area contributed by atoms with Crippen LogP contribution in [-0.4, -0.2) is 59.5 Å². The third-order valence-corrected chi connectivity index (χ3v) is 2.52. The number of hydrogen-bond acceptors (Lipinski definition) is 6. The average Bonchev–Trinajstić information content (AvgIpc) is 2.37. The van der Waals surface area contributed by atoms with Gasteiger partial charge in [-0.15, -0.1) is 0 Å². The molecule has 0 spiro atoms. The first kappa shape index (κ1) is 15.3. The molecule has 0 unspecified atom stereocenters. The van der Waals surface area contributed by atoms with Gasteiger partial charge in [0, 0.05) is 33.4 Å². The lowest BCUT2D eigenvalue weighted by Gasteiger charge is -2.19. The summed E-state index contributed by atoms with van der Waals surface area (Å²) in [5.74, 6) is -1.62. The molecule has 1 aromatic rings. The van der Waals surface area contributed by atoms with Crippen molar-refractivity contribution in [1.29, 1.82) is 0 Å². The molecule has 0 aliphatic rings. The van der Waals surface area contributed by atoms with Crippen LogP contribution in [0, 0.1) is 10.1 Å². The first-order valence-corrected chi connectivity index (χ1v) is 5.53. The number of aromatic nitrogens is 1. The van der Waals surface area contributed by atoms with E-state index in [1.165, 1.54) is 16.8 Å². The van der Waals surface area contributed by atoms with Crippen LogP contribution in [0.15, 0.2) is 12.3 Å². The average molecular weight is 282 g/mol. The summed E-state index contributed by atoms with van der Waals surface area (Å²) in [5, 5.41) is 19.8. The molecule has 9 nitrogen and oxygen atoms in total. The molecule has 0 saturated heterocycles. The van der Waals surface area contributed by atoms with Gasteiger partial charge in [-0.2, -0.15) is 0 Å². The van der Waals surface area contributed by atoms with Gasteiger partial charge in [0.1, 0.15) is 0 Å². The van der Waals surface area contributed by atoms with Gasteiger partial charge >= 0.3 is 11.7 Å². The number of carbonyl (C=O) groups is 2. The summed E-state index contributed by atoms with van der Waals surface area (Å²) in [5.41, 5.74) is -0.744. The molecular formula is C11H14N4O5. The van der Waals surface area contributed by atoms with Crippen molar-refractivity contribution in [3.8, 4) is 0 Å². The molecule has 0 saturated carbocycles. The van der Waals surface area contributed by atoms with Crippen LogP contribution < -0.4 is 4.90 Å². The zero-order valence-electron chi connectivity index (χ0n) is 11.2. The van der Waals surface area contributed by atoms with Crippen molar-refractivity contribution in [2.75, 3.05) is 32.6 Å². The number of rotatable bonds is 5. The molecule has 0 fully saturated rings. The van der Waals surface area contributed by atoms with Crippen molar-refractivity contribution in [2.24, 2.45) is 0 Å². The fourth-order valence-electron chi connectivity index (χ4n) is 1.41. The molecule has 0 atom stereocenters. The van der Waals surface area contributed by atoms with Crippen molar-refractivity contribution in [1.82, 2.24) is 9.88 Å². The van der Waals surface area contributed by atoms with Gasteiger partial charge in [-0.25, -0.2) is 9.78 Å². The molecule has 1 amide bonds. The van der Waals surface area contributed by atoms with Crippen LogP contribution in [0.25, 0.3) is 0 Å². The number of amides is 1. The Hall–Kier alpha value is -2.71. The maximum atomic E-state index is 11.6. The van der Waals surface area contributed by atoms with Gasteiger partial charge in [0.25, 0.3) is 0 Å². The molecule has 0 bridgehead atoms. The second-order valence-electron chi connectivity index (χ2n) is 4.27. The minimum atomic E-state index is -1.31. The highest BCUT2D eigenvalue weighted by molar-refractivity contribution is 5.89. The van der Waals surface area contributed by atoms with Gasteiger partial charge in [0.05, 0.1) is 17.0 Å². The van der Waals surface area contributed by atoms with Crippen LogP contribution in [0.1, 0.15) is 10.4 Å². The molecule has 0 aliphatic carbocycles. The second-order valence-corrected chi connectivity index (χ2v) is 4.27. The molecule has 0 aromatic carbocycles. The Labute approximate surface area is 114 Å². The van der Waals surface area contributed by atoms with E-state index in [0.29, 0.717) is 0 Å². The van der Waals surface area contributed by atoms with E-state index in [2.05, 4.69) is 4.98 Å². The molecule has 9 heteroatoms. The first-order valence-electron chi connectivity index (χ1n) is 5.53. The Morgan fingerprint density at radius 3 is 2.45 bits per heavy atom. The standard InChI is InChI=1S/C11H14N4O5/c1-13(2)9(16)6-14(3)10-8(15(19)20)4-7(5-12-10)11(17)18/h4-5H,6H2,1-3H3,(H,17,18). The molecular weight excluding hydrogens is 268 g/mol. The smallest absolute Gasteiger partial charge is 0.337 e. The number of nitrogens with zero attached hydrogens (tertiary/aromatic N) is 4. The molecule has 0 radical (unpaired) electrons. The first-order chi connectivity index (χ1) is 9.23. The minimum absolute atomic E-state index is 0.0600. The monoisotopic (exact) mass is 282 g/mol. The number of likely N-dealkylation sites (N-methyl/N-ethyl adjacent to an activating group) is 2. The van der Waals surface area contributed by atoms with Crippen molar-refractivity contribution in [3.63, 3.8) is 0 Å². The molecule has 0 aliphatic heterocycles. The Kier molecular flexibility index (Phi) is 4.57. The van der Waals surface area contributed by atoms with Crippen molar-refractivity contribution in [2.45, 2.75) is 0 Å². The highest BCUT2D eigenvalue weighted by atomic mass is 16.6. The van der Waals surface area contributed by atoms with Gasteiger partial charge < -0.3 is 14.9 Å². The van der Waals surface area contributed by atoms with Gasteiger partial charge in [-0.05, 0) is 0 Å². The van der Waals surface area contributed by atoms with Crippen LogP contribution in [0.5, 0.6) is 0 Å². The summed E-state index contributed by atoms with van der Waals surface area (Å²) < 4.78 is 0. The van der Waals surface area contributed by atoms with Gasteiger partial charge in [0.15, 0.2) is 0 Å². The van der Waals surface area contributed by atoms with Crippen molar-refractivity contribution < 1.29 is 19.6 Å². The lowest BCUT2D eigenvalue weighted by Crippen LogP contribution is -2.35. The highest BCUT2D eigenvalue weighted by Crippen LogP contribution is 2.25. The summed E-state index contributed by atoms with van der Waals surface area (Å²) in [6.07, 6.45) is 1.02. The van der Waals surface area contributed by atoms with Crippen molar-refractivity contribution >= 4 is 23.4 Å². The summed E-state index contributed by atoms with van der Waals surface area (Å²) in [4.78, 5) is 39.0. The van der Waals surface area contributed by atoms with Crippen LogP contribution in [-0.2, 0) is 4.79 Å². The summed E-state index contributed by atoms with van der Waals surface area (Å²) in [6, 6.07) is 0.918. The molecule has 1 heterocycles. The van der Waals surface area contributed by atoms with Crippen LogP contribution in [0.4, 0.5) is 11.5 Å². The molecule has 1 aromatic heterocycles. The van der Waals surface area contributed by atoms with Gasteiger partial charge in [-0.3, -0.25) is 14.9 Å². The van der Waals surface area contributed by atoms with E-state index in [1.54, 1.807) is 14.1 Å². The Morgan fingerprint density at radius 1 is 1.40 bits per heavy atom. The van der Waals surface area contributed by atoms with E-state index < -0.39 is 16.6 Å². The maximum Gasteiger partial charge on any atom is 0.337 e. The fraction of sp³-hybridized carbons (Fsp3) is 0.364. The predicted octanol–water partition coefficient (Wildman–Crippen LogP) is 0.212. The van der Waals surface area contributed by atoms with E-state index in [-0.39, 0.29) is 23.8 Å². The third-order valence-electron chi connectivity index (χ3n) is 2.52. The van der Waals surface area contributed by atoms with E-state index in [1.807, 2.05) is 0 Å². The van der Waals surface area contributed by atoms with E-state index in [4.69, 9.17) is 5.11 Å². The predicted molar refractivity (Wildman–Crippen MR) is 69.8 cm³/mol. The molecule has 20 heavy (non-hydrogen) atoms. The number of carboxylic acids is 1. The second kappa shape index (κ2) is 5.95. The molecule has 108 valence electrons. The SMILES string of the molecule is CN(C)C(=O)CN(C)c1ncc(C(=O)O)cc1[N+](=O)[O-]. The summed E-state index contributed by atoms with van der Waals surface area (Å²) >= 11 is 0. The third kappa shape index (κ3) is 3.40. The maximum absolute atomic E-state index is 11.6. The number of carboxylic acid groups (broad SMARTS) is 1. The molecule has 1 N–H and O–H groups in total. The van der Waals surface area contributed by atoms with E-state index in [0.717, 1.165) is 12.3 Å². The number of anilines is 1. The highest BCUT2D eigenvalue weighted by Gasteiger charge is 2.23. The quantitative estimate of drug-likeness (QED) is 0.606. The zero-order chi connectivity index (χ0) is 15.4. The van der Waals surface area contributed by atoms with Crippen LogP contribution in [0.3, 0.4) is 0 Å². The van der Waals surface area contributed by atoms with E-state index >= 15 is 0 Å². The largest absolute Gasteiger partial charge is 0.478 e. The van der Waals surface area contributed by atoms with Crippen molar-refractivity contribution in [3.05, 3.63) is 27.9 Å². The lowest BCUT2D eigenvalue weighted by atomic mass is 10.2. The van der Waals surface area contributed by atoms with Crippen LogP contribution >= 0.6 is 0 Å². The van der Waals surface area contributed by atoms with Gasteiger partial charge in [-0.1, -0.05) is 0 Å². The Morgan fingerprint density at radius 2 is 2.00 bits per heavy atom. The number of nitro groups is 1. The summed E-state index contributed by atoms with van der Waals surface area (Å²) in [7, 11) is 4.59. The zero-order valence-corrected chi connectivity index (χ0v) is 11.2. The normalized spacial score (nSPS) is 9.95. The number of hydrogen-bond donors (Lipinski definition) is 1. The Bertz CT molecular complexity index is 558. The lowest BCUT2D eigenvalue weighted by molar-refractivity contribution is -0.384. The number of aromatic carboxylic acids is 1. The topological polar surface area (TPSA) is 117 Å². The number of carbonyl (C=O) groups excluding carboxylic acids is 1. The minimum Gasteiger partial charge on any atom is -0.478 e.